The number of alkyl halides is 3. The van der Waals surface area contributed by atoms with E-state index in [4.69, 9.17) is 0 Å². The summed E-state index contributed by atoms with van der Waals surface area (Å²) in [5, 5.41) is 9.32. The first kappa shape index (κ1) is 20.3. The highest BCUT2D eigenvalue weighted by molar-refractivity contribution is 5.70. The fourth-order valence-electron chi connectivity index (χ4n) is 3.61. The Labute approximate surface area is 158 Å². The van der Waals surface area contributed by atoms with Crippen LogP contribution in [0.15, 0.2) is 42.5 Å². The number of hydrogen-bond donors (Lipinski definition) is 1. The molecule has 1 heterocycles. The molecule has 1 N–H and O–H groups in total. The van der Waals surface area contributed by atoms with Gasteiger partial charge in [0.25, 0.3) is 0 Å². The first-order valence-corrected chi connectivity index (χ1v) is 8.76. The second kappa shape index (κ2) is 7.87. The molecule has 1 saturated heterocycles. The van der Waals surface area contributed by atoms with E-state index in [2.05, 4.69) is 0 Å². The first-order chi connectivity index (χ1) is 13.2. The van der Waals surface area contributed by atoms with E-state index in [0.717, 1.165) is 18.2 Å². The molecule has 1 aliphatic rings. The van der Waals surface area contributed by atoms with Crippen molar-refractivity contribution >= 4 is 5.97 Å². The van der Waals surface area contributed by atoms with Gasteiger partial charge in [0.05, 0.1) is 17.5 Å². The maximum Gasteiger partial charge on any atom is 0.416 e. The summed E-state index contributed by atoms with van der Waals surface area (Å²) in [6, 6.07) is 6.54. The second-order valence-corrected chi connectivity index (χ2v) is 6.86. The van der Waals surface area contributed by atoms with Crippen LogP contribution < -0.4 is 0 Å². The molecule has 3 nitrogen and oxygen atoms in total. The summed E-state index contributed by atoms with van der Waals surface area (Å²) >= 11 is 0. The zero-order valence-corrected chi connectivity index (χ0v) is 14.7. The number of hydrogen-bond acceptors (Lipinski definition) is 2. The van der Waals surface area contributed by atoms with Crippen LogP contribution in [0.2, 0.25) is 0 Å². The minimum absolute atomic E-state index is 0.0900. The molecule has 0 bridgehead atoms. The lowest BCUT2D eigenvalue weighted by atomic mass is 9.91. The number of piperidine rings is 1. The van der Waals surface area contributed by atoms with Crippen molar-refractivity contribution in [2.75, 3.05) is 13.1 Å². The Morgan fingerprint density at radius 3 is 2.36 bits per heavy atom. The Morgan fingerprint density at radius 1 is 1.11 bits per heavy atom. The zero-order chi connectivity index (χ0) is 20.5. The van der Waals surface area contributed by atoms with Crippen LogP contribution in [0.1, 0.15) is 35.6 Å². The van der Waals surface area contributed by atoms with Crippen molar-refractivity contribution in [2.24, 2.45) is 5.92 Å². The van der Waals surface area contributed by atoms with Gasteiger partial charge in [0, 0.05) is 18.2 Å². The first-order valence-electron chi connectivity index (χ1n) is 8.76. The average Bonchev–Trinajstić information content (AvgIpc) is 2.64. The molecular formula is C20H18F5NO2. The van der Waals surface area contributed by atoms with Gasteiger partial charge in [-0.05, 0) is 43.1 Å². The number of likely N-dealkylation sites (tertiary alicyclic amines) is 1. The van der Waals surface area contributed by atoms with Gasteiger partial charge in [0.15, 0.2) is 0 Å². The predicted molar refractivity (Wildman–Crippen MR) is 91.6 cm³/mol. The van der Waals surface area contributed by atoms with E-state index in [0.29, 0.717) is 31.0 Å². The molecule has 2 aromatic rings. The molecular weight excluding hydrogens is 381 g/mol. The zero-order valence-electron chi connectivity index (χ0n) is 14.7. The van der Waals surface area contributed by atoms with Crippen LogP contribution in [-0.2, 0) is 11.0 Å². The van der Waals surface area contributed by atoms with Gasteiger partial charge in [0.1, 0.15) is 11.6 Å². The van der Waals surface area contributed by atoms with Crippen molar-refractivity contribution in [1.82, 2.24) is 4.90 Å². The molecule has 3 rings (SSSR count). The van der Waals surface area contributed by atoms with Crippen molar-refractivity contribution in [3.8, 4) is 0 Å². The molecule has 2 unspecified atom stereocenters. The summed E-state index contributed by atoms with van der Waals surface area (Å²) in [5.41, 5.74) is -0.367. The maximum atomic E-state index is 14.5. The van der Waals surface area contributed by atoms with Crippen molar-refractivity contribution in [3.05, 3.63) is 70.8 Å². The van der Waals surface area contributed by atoms with Gasteiger partial charge in [-0.15, -0.1) is 0 Å². The molecule has 28 heavy (non-hydrogen) atoms. The summed E-state index contributed by atoms with van der Waals surface area (Å²) in [6.07, 6.45) is -3.48. The van der Waals surface area contributed by atoms with Crippen LogP contribution in [0, 0.1) is 17.6 Å². The van der Waals surface area contributed by atoms with E-state index in [9.17, 15) is 31.9 Å². The topological polar surface area (TPSA) is 40.5 Å². The van der Waals surface area contributed by atoms with Gasteiger partial charge in [-0.1, -0.05) is 18.2 Å². The number of rotatable bonds is 4. The van der Waals surface area contributed by atoms with Crippen LogP contribution in [0.25, 0.3) is 0 Å². The minimum atomic E-state index is -4.51. The largest absolute Gasteiger partial charge is 0.481 e. The highest BCUT2D eigenvalue weighted by atomic mass is 19.4. The number of aliphatic carboxylic acids is 1. The van der Waals surface area contributed by atoms with Gasteiger partial charge in [-0.3, -0.25) is 9.69 Å². The Morgan fingerprint density at radius 2 is 1.79 bits per heavy atom. The molecule has 2 aromatic carbocycles. The van der Waals surface area contributed by atoms with Crippen LogP contribution in [-0.4, -0.2) is 29.1 Å². The van der Waals surface area contributed by atoms with Crippen molar-refractivity contribution < 1.29 is 31.9 Å². The number of carboxylic acids is 1. The van der Waals surface area contributed by atoms with E-state index >= 15 is 0 Å². The number of benzene rings is 2. The lowest BCUT2D eigenvalue weighted by molar-refractivity contribution is -0.144. The fraction of sp³-hybridized carbons (Fsp3) is 0.350. The second-order valence-electron chi connectivity index (χ2n) is 6.86. The fourth-order valence-corrected chi connectivity index (χ4v) is 3.61. The van der Waals surface area contributed by atoms with E-state index in [1.54, 1.807) is 4.90 Å². The maximum absolute atomic E-state index is 14.5. The molecule has 0 amide bonds. The average molecular weight is 399 g/mol. The SMILES string of the molecule is O=C(O)C1CCCN(C(c2ccc(C(F)(F)F)cc2)c2ccc(F)cc2F)C1. The summed E-state index contributed by atoms with van der Waals surface area (Å²) in [5.74, 6) is -3.23. The number of carbonyl (C=O) groups is 1. The molecule has 1 fully saturated rings. The summed E-state index contributed by atoms with van der Waals surface area (Å²) in [6.45, 7) is 0.574. The Bertz CT molecular complexity index is 851. The summed E-state index contributed by atoms with van der Waals surface area (Å²) < 4.78 is 66.5. The minimum Gasteiger partial charge on any atom is -0.481 e. The van der Waals surface area contributed by atoms with E-state index < -0.39 is 41.3 Å². The van der Waals surface area contributed by atoms with Crippen LogP contribution in [0.4, 0.5) is 22.0 Å². The third-order valence-corrected chi connectivity index (χ3v) is 4.98. The van der Waals surface area contributed by atoms with E-state index in [1.165, 1.54) is 18.2 Å². The van der Waals surface area contributed by atoms with Gasteiger partial charge in [-0.2, -0.15) is 13.2 Å². The molecule has 0 radical (unpaired) electrons. The number of carboxylic acid groups (broad SMARTS) is 1. The molecule has 150 valence electrons. The van der Waals surface area contributed by atoms with Crippen molar-refractivity contribution in [1.29, 1.82) is 0 Å². The molecule has 0 aromatic heterocycles. The van der Waals surface area contributed by atoms with Gasteiger partial charge < -0.3 is 5.11 Å². The quantitative estimate of drug-likeness (QED) is 0.746. The van der Waals surface area contributed by atoms with Crippen LogP contribution in [0.3, 0.4) is 0 Å². The monoisotopic (exact) mass is 399 g/mol. The lowest BCUT2D eigenvalue weighted by Gasteiger charge is -2.37. The van der Waals surface area contributed by atoms with Gasteiger partial charge in [0.2, 0.25) is 0 Å². The van der Waals surface area contributed by atoms with Gasteiger partial charge in [-0.25, -0.2) is 8.78 Å². The molecule has 1 aliphatic heterocycles. The molecule has 0 saturated carbocycles. The lowest BCUT2D eigenvalue weighted by Crippen LogP contribution is -2.41. The Balaban J connectivity index is 2.03. The summed E-state index contributed by atoms with van der Waals surface area (Å²) in [7, 11) is 0. The van der Waals surface area contributed by atoms with Crippen molar-refractivity contribution in [2.45, 2.75) is 25.1 Å². The molecule has 8 heteroatoms. The summed E-state index contributed by atoms with van der Waals surface area (Å²) in [4.78, 5) is 13.1. The highest BCUT2D eigenvalue weighted by Crippen LogP contribution is 2.36. The Hall–Kier alpha value is -2.48. The number of halogens is 5. The Kier molecular flexibility index (Phi) is 5.69. The molecule has 0 aliphatic carbocycles. The van der Waals surface area contributed by atoms with Gasteiger partial charge >= 0.3 is 12.1 Å². The van der Waals surface area contributed by atoms with Crippen molar-refractivity contribution in [3.63, 3.8) is 0 Å². The standard InChI is InChI=1S/C20H18F5NO2/c21-15-7-8-16(17(22)10-15)18(26-9-1-2-13(11-26)19(27)28)12-3-5-14(6-4-12)20(23,24)25/h3-8,10,13,18H,1-2,9,11H2,(H,27,28). The normalized spacial score (nSPS) is 19.4. The van der Waals surface area contributed by atoms with Crippen LogP contribution >= 0.6 is 0 Å². The smallest absolute Gasteiger partial charge is 0.416 e. The molecule has 0 spiro atoms. The van der Waals surface area contributed by atoms with E-state index in [1.807, 2.05) is 0 Å². The third-order valence-electron chi connectivity index (χ3n) is 4.98. The number of nitrogens with zero attached hydrogens (tertiary/aromatic N) is 1. The van der Waals surface area contributed by atoms with Crippen LogP contribution in [0.5, 0.6) is 0 Å². The predicted octanol–water partition coefficient (Wildman–Crippen LogP) is 4.87. The highest BCUT2D eigenvalue weighted by Gasteiger charge is 2.34. The van der Waals surface area contributed by atoms with E-state index in [-0.39, 0.29) is 12.1 Å². The third kappa shape index (κ3) is 4.32. The molecule has 2 atom stereocenters.